The van der Waals surface area contributed by atoms with E-state index < -0.39 is 67.4 Å². The maximum Gasteiger partial charge on any atom is 0.306 e. The van der Waals surface area contributed by atoms with E-state index in [0.717, 1.165) is 57.8 Å². The lowest BCUT2D eigenvalue weighted by Crippen LogP contribution is -2.61. The van der Waals surface area contributed by atoms with Gasteiger partial charge in [-0.15, -0.1) is 0 Å². The summed E-state index contributed by atoms with van der Waals surface area (Å²) in [5.41, 5.74) is 0. The minimum atomic E-state index is -1.61. The molecule has 0 aromatic carbocycles. The molecule has 1 rings (SSSR count). The number of nitrogens with one attached hydrogen (secondary N) is 1. The highest BCUT2D eigenvalue weighted by molar-refractivity contribution is 5.80. The van der Waals surface area contributed by atoms with Gasteiger partial charge in [-0.2, -0.15) is 0 Å². The van der Waals surface area contributed by atoms with Crippen LogP contribution in [0.2, 0.25) is 0 Å². The van der Waals surface area contributed by atoms with E-state index in [1.54, 1.807) is 6.08 Å². The molecule has 0 spiro atoms. The van der Waals surface area contributed by atoms with Gasteiger partial charge < -0.3 is 45.1 Å². The molecule has 0 aromatic heterocycles. The van der Waals surface area contributed by atoms with Crippen LogP contribution < -0.4 is 5.32 Å². The van der Waals surface area contributed by atoms with Gasteiger partial charge in [-0.05, 0) is 51.4 Å². The largest absolute Gasteiger partial charge is 0.454 e. The number of hydrogen-bond acceptors (Lipinski definition) is 10. The third-order valence-corrected chi connectivity index (χ3v) is 16.1. The van der Waals surface area contributed by atoms with Crippen LogP contribution in [0.3, 0.4) is 0 Å². The summed E-state index contributed by atoms with van der Waals surface area (Å²) < 4.78 is 17.6. The molecular weight excluding hydrogens is 979 g/mol. The van der Waals surface area contributed by atoms with Crippen molar-refractivity contribution in [3.8, 4) is 0 Å². The van der Waals surface area contributed by atoms with E-state index in [4.69, 9.17) is 14.2 Å². The fourth-order valence-electron chi connectivity index (χ4n) is 10.8. The van der Waals surface area contributed by atoms with Crippen molar-refractivity contribution < 1.29 is 49.3 Å². The predicted molar refractivity (Wildman–Crippen MR) is 324 cm³/mol. The molecule has 11 nitrogen and oxygen atoms in total. The summed E-state index contributed by atoms with van der Waals surface area (Å²) in [5.74, 6) is -1.20. The molecule has 0 aliphatic carbocycles. The van der Waals surface area contributed by atoms with Gasteiger partial charge in [0.15, 0.2) is 12.4 Å². The Labute approximate surface area is 480 Å². The standard InChI is InChI=1S/C67H127NO10/c1-4-7-10-13-16-19-22-25-26-27-28-29-30-31-32-33-34-35-36-37-40-43-46-49-52-55-62(72)78-65-64(74)63(73)61(56-69)77-67(65)76-57-58(59(70)53-50-47-44-41-38-23-20-17-14-11-8-5-2)68-66(75)60(71)54-51-48-45-42-39-24-21-18-15-12-9-6-3/h39,42,50,53,58-61,63-65,67,69-71,73-74H,4-38,40-41,43-49,51-52,54-57H2,1-3H3,(H,68,75)/b42-39-,53-50+. The van der Waals surface area contributed by atoms with Crippen LogP contribution in [0.5, 0.6) is 0 Å². The van der Waals surface area contributed by atoms with Crippen LogP contribution in [0, 0.1) is 0 Å². The van der Waals surface area contributed by atoms with Gasteiger partial charge in [-0.25, -0.2) is 0 Å². The van der Waals surface area contributed by atoms with Crippen LogP contribution in [0.25, 0.3) is 0 Å². The molecule has 0 aromatic rings. The predicted octanol–water partition coefficient (Wildman–Crippen LogP) is 16.5. The second-order valence-corrected chi connectivity index (χ2v) is 23.6. The van der Waals surface area contributed by atoms with E-state index in [1.807, 2.05) is 6.08 Å². The zero-order valence-electron chi connectivity index (χ0n) is 51.1. The number of unbranched alkanes of at least 4 members (excludes halogenated alkanes) is 42. The molecule has 8 atom stereocenters. The minimum Gasteiger partial charge on any atom is -0.454 e. The molecule has 6 N–H and O–H groups in total. The first kappa shape index (κ1) is 74.2. The number of rotatable bonds is 58. The van der Waals surface area contributed by atoms with Crippen molar-refractivity contribution in [2.45, 2.75) is 378 Å². The van der Waals surface area contributed by atoms with Crippen molar-refractivity contribution in [2.75, 3.05) is 13.2 Å². The van der Waals surface area contributed by atoms with E-state index >= 15 is 0 Å². The van der Waals surface area contributed by atoms with Crippen molar-refractivity contribution in [2.24, 2.45) is 0 Å². The van der Waals surface area contributed by atoms with Gasteiger partial charge in [0.1, 0.15) is 24.4 Å². The van der Waals surface area contributed by atoms with Crippen LogP contribution in [-0.4, -0.2) is 99.6 Å². The van der Waals surface area contributed by atoms with Crippen molar-refractivity contribution in [1.82, 2.24) is 5.32 Å². The first-order chi connectivity index (χ1) is 38.2. The van der Waals surface area contributed by atoms with E-state index in [9.17, 15) is 35.1 Å². The fourth-order valence-corrected chi connectivity index (χ4v) is 10.8. The number of esters is 1. The molecule has 8 unspecified atom stereocenters. The smallest absolute Gasteiger partial charge is 0.306 e. The monoisotopic (exact) mass is 1110 g/mol. The SMILES string of the molecule is CCCCCCCC/C=C\CCCCC(O)C(=O)NC(COC1OC(CO)C(O)C(O)C1OC(=O)CCCCCCCCCCCCCCCCCCCCCCCCCCC)C(O)/C=C/CCCCCCCCCCCC. The Hall–Kier alpha value is -1.86. The topological polar surface area (TPSA) is 175 Å². The van der Waals surface area contributed by atoms with E-state index in [0.29, 0.717) is 12.8 Å². The van der Waals surface area contributed by atoms with Gasteiger partial charge in [-0.3, -0.25) is 9.59 Å². The van der Waals surface area contributed by atoms with Crippen molar-refractivity contribution in [1.29, 1.82) is 0 Å². The van der Waals surface area contributed by atoms with Crippen LogP contribution >= 0.6 is 0 Å². The number of carbonyl (C=O) groups excluding carboxylic acids is 2. The number of ether oxygens (including phenoxy) is 3. The Balaban J connectivity index is 2.55. The lowest BCUT2D eigenvalue weighted by molar-refractivity contribution is -0.305. The second-order valence-electron chi connectivity index (χ2n) is 23.6. The first-order valence-electron chi connectivity index (χ1n) is 33.6. The Morgan fingerprint density at radius 2 is 0.846 bits per heavy atom. The average Bonchev–Trinajstić information content (AvgIpc) is 3.45. The lowest BCUT2D eigenvalue weighted by atomic mass is 9.99. The number of carbonyl (C=O) groups is 2. The molecule has 460 valence electrons. The van der Waals surface area contributed by atoms with Crippen LogP contribution in [0.1, 0.15) is 329 Å². The Bertz CT molecular complexity index is 1360. The molecular formula is C67H127NO10. The van der Waals surface area contributed by atoms with E-state index in [-0.39, 0.29) is 19.4 Å². The molecule has 1 fully saturated rings. The van der Waals surface area contributed by atoms with Gasteiger partial charge in [0.25, 0.3) is 0 Å². The molecule has 11 heteroatoms. The quantitative estimate of drug-likeness (QED) is 0.0195. The number of hydrogen-bond donors (Lipinski definition) is 6. The summed E-state index contributed by atoms with van der Waals surface area (Å²) in [4.78, 5) is 26.5. The van der Waals surface area contributed by atoms with E-state index in [2.05, 4.69) is 38.2 Å². The highest BCUT2D eigenvalue weighted by atomic mass is 16.7. The highest BCUT2D eigenvalue weighted by Crippen LogP contribution is 2.26. The first-order valence-corrected chi connectivity index (χ1v) is 33.6. The van der Waals surface area contributed by atoms with Gasteiger partial charge in [0, 0.05) is 6.42 Å². The molecule has 1 aliphatic rings. The van der Waals surface area contributed by atoms with Crippen LogP contribution in [0.4, 0.5) is 0 Å². The summed E-state index contributed by atoms with van der Waals surface area (Å²) in [6, 6.07) is -1.03. The third-order valence-electron chi connectivity index (χ3n) is 16.1. The molecule has 1 amide bonds. The molecule has 0 radical (unpaired) electrons. The molecule has 0 saturated carbocycles. The number of amides is 1. The summed E-state index contributed by atoms with van der Waals surface area (Å²) in [7, 11) is 0. The fraction of sp³-hybridized carbons (Fsp3) is 0.910. The van der Waals surface area contributed by atoms with Crippen molar-refractivity contribution in [3.05, 3.63) is 24.3 Å². The third kappa shape index (κ3) is 42.9. The molecule has 1 aliphatic heterocycles. The minimum absolute atomic E-state index is 0.128. The van der Waals surface area contributed by atoms with Gasteiger partial charge in [-0.1, -0.05) is 295 Å². The second kappa shape index (κ2) is 55.7. The van der Waals surface area contributed by atoms with Gasteiger partial charge in [0.05, 0.1) is 25.4 Å². The van der Waals surface area contributed by atoms with Crippen molar-refractivity contribution >= 4 is 11.9 Å². The molecule has 1 saturated heterocycles. The summed E-state index contributed by atoms with van der Waals surface area (Å²) in [6.07, 6.45) is 55.3. The zero-order valence-corrected chi connectivity index (χ0v) is 51.1. The lowest BCUT2D eigenvalue weighted by Gasteiger charge is -2.41. The van der Waals surface area contributed by atoms with Gasteiger partial charge >= 0.3 is 5.97 Å². The molecule has 1 heterocycles. The highest BCUT2D eigenvalue weighted by Gasteiger charge is 2.47. The zero-order chi connectivity index (χ0) is 56.8. The molecule has 0 bridgehead atoms. The van der Waals surface area contributed by atoms with E-state index in [1.165, 1.54) is 225 Å². The molecule has 78 heavy (non-hydrogen) atoms. The number of aliphatic hydroxyl groups excluding tert-OH is 5. The van der Waals surface area contributed by atoms with Gasteiger partial charge in [0.2, 0.25) is 5.91 Å². The maximum absolute atomic E-state index is 13.4. The van der Waals surface area contributed by atoms with Crippen LogP contribution in [-0.2, 0) is 23.8 Å². The summed E-state index contributed by atoms with van der Waals surface area (Å²) >= 11 is 0. The normalized spacial score (nSPS) is 19.0. The Kier molecular flexibility index (Phi) is 52.9. The van der Waals surface area contributed by atoms with Crippen LogP contribution in [0.15, 0.2) is 24.3 Å². The average molecular weight is 1110 g/mol. The summed E-state index contributed by atoms with van der Waals surface area (Å²) in [6.45, 7) is 5.80. The van der Waals surface area contributed by atoms with Crippen molar-refractivity contribution in [3.63, 3.8) is 0 Å². The summed E-state index contributed by atoms with van der Waals surface area (Å²) in [5, 5.41) is 57.0. The number of aliphatic hydroxyl groups is 5. The Morgan fingerprint density at radius 3 is 1.24 bits per heavy atom. The Morgan fingerprint density at radius 1 is 0.487 bits per heavy atom. The number of allylic oxidation sites excluding steroid dienone is 3. The maximum atomic E-state index is 13.4.